The van der Waals surface area contributed by atoms with Crippen LogP contribution in [0.1, 0.15) is 29.0 Å². The summed E-state index contributed by atoms with van der Waals surface area (Å²) in [5, 5.41) is 4.85. The molecule has 0 fully saturated rings. The highest BCUT2D eigenvalue weighted by Crippen LogP contribution is 2.27. The van der Waals surface area contributed by atoms with Crippen molar-refractivity contribution >= 4 is 17.2 Å². The van der Waals surface area contributed by atoms with Crippen molar-refractivity contribution in [1.29, 1.82) is 0 Å². The van der Waals surface area contributed by atoms with Gasteiger partial charge in [0.2, 0.25) is 0 Å². The summed E-state index contributed by atoms with van der Waals surface area (Å²) in [7, 11) is 0. The number of carbonyl (C=O) groups excluding carboxylic acids is 1. The molecule has 0 saturated heterocycles. The average molecular weight is 299 g/mol. The zero-order chi connectivity index (χ0) is 14.7. The molecule has 5 nitrogen and oxygen atoms in total. The van der Waals surface area contributed by atoms with Crippen LogP contribution in [0.2, 0.25) is 0 Å². The molecule has 3 aromatic rings. The van der Waals surface area contributed by atoms with E-state index in [0.29, 0.717) is 11.5 Å². The Morgan fingerprint density at radius 1 is 1.33 bits per heavy atom. The summed E-state index contributed by atoms with van der Waals surface area (Å²) < 4.78 is 5.35. The van der Waals surface area contributed by atoms with Crippen LogP contribution in [0.4, 0.5) is 0 Å². The molecule has 0 spiro atoms. The number of thiophene rings is 1. The standard InChI is InChI=1S/C15H13N3O2S/c1-10(11-4-6-16-7-5-11)18-15(19)13-14(20-9-17-13)12-3-2-8-21-12/h2-10H,1H3,(H,18,19). The Hall–Kier alpha value is -2.47. The van der Waals surface area contributed by atoms with Gasteiger partial charge in [-0.2, -0.15) is 0 Å². The highest BCUT2D eigenvalue weighted by atomic mass is 32.1. The van der Waals surface area contributed by atoms with E-state index in [4.69, 9.17) is 4.42 Å². The van der Waals surface area contributed by atoms with Gasteiger partial charge < -0.3 is 9.73 Å². The first-order valence-corrected chi connectivity index (χ1v) is 7.32. The van der Waals surface area contributed by atoms with Crippen molar-refractivity contribution in [2.45, 2.75) is 13.0 Å². The van der Waals surface area contributed by atoms with Crippen molar-refractivity contribution < 1.29 is 9.21 Å². The maximum atomic E-state index is 12.4. The van der Waals surface area contributed by atoms with Gasteiger partial charge in [-0.1, -0.05) is 6.07 Å². The number of carbonyl (C=O) groups is 1. The van der Waals surface area contributed by atoms with E-state index in [2.05, 4.69) is 15.3 Å². The molecular formula is C15H13N3O2S. The van der Waals surface area contributed by atoms with Crippen LogP contribution < -0.4 is 5.32 Å². The maximum Gasteiger partial charge on any atom is 0.274 e. The van der Waals surface area contributed by atoms with E-state index in [1.165, 1.54) is 17.7 Å². The Bertz CT molecular complexity index is 722. The Kier molecular flexibility index (Phi) is 3.79. The quantitative estimate of drug-likeness (QED) is 0.802. The van der Waals surface area contributed by atoms with E-state index in [-0.39, 0.29) is 11.9 Å². The fourth-order valence-corrected chi connectivity index (χ4v) is 2.70. The van der Waals surface area contributed by atoms with E-state index in [1.807, 2.05) is 36.6 Å². The fraction of sp³-hybridized carbons (Fsp3) is 0.133. The van der Waals surface area contributed by atoms with Gasteiger partial charge in [-0.25, -0.2) is 4.98 Å². The smallest absolute Gasteiger partial charge is 0.274 e. The van der Waals surface area contributed by atoms with Gasteiger partial charge in [0.25, 0.3) is 5.91 Å². The number of amides is 1. The lowest BCUT2D eigenvalue weighted by molar-refractivity contribution is 0.0935. The molecule has 0 aromatic carbocycles. The molecule has 0 aliphatic heterocycles. The molecule has 1 amide bonds. The Labute approximate surface area is 125 Å². The number of oxazole rings is 1. The number of nitrogens with zero attached hydrogens (tertiary/aromatic N) is 2. The minimum Gasteiger partial charge on any atom is -0.442 e. The first-order chi connectivity index (χ1) is 10.3. The molecule has 3 aromatic heterocycles. The largest absolute Gasteiger partial charge is 0.442 e. The first kappa shape index (κ1) is 13.5. The zero-order valence-electron chi connectivity index (χ0n) is 11.3. The number of rotatable bonds is 4. The van der Waals surface area contributed by atoms with E-state index in [0.717, 1.165) is 10.4 Å². The average Bonchev–Trinajstić information content (AvgIpc) is 3.18. The lowest BCUT2D eigenvalue weighted by atomic mass is 10.1. The van der Waals surface area contributed by atoms with Gasteiger partial charge in [0.05, 0.1) is 10.9 Å². The molecule has 6 heteroatoms. The second kappa shape index (κ2) is 5.88. The van der Waals surface area contributed by atoms with Crippen LogP contribution >= 0.6 is 11.3 Å². The highest BCUT2D eigenvalue weighted by molar-refractivity contribution is 7.13. The van der Waals surface area contributed by atoms with Gasteiger partial charge in [0, 0.05) is 12.4 Å². The Morgan fingerprint density at radius 3 is 2.86 bits per heavy atom. The molecule has 106 valence electrons. The van der Waals surface area contributed by atoms with Crippen LogP contribution in [-0.2, 0) is 0 Å². The number of nitrogens with one attached hydrogen (secondary N) is 1. The summed E-state index contributed by atoms with van der Waals surface area (Å²) in [6, 6.07) is 7.41. The fourth-order valence-electron chi connectivity index (χ4n) is 1.99. The molecule has 3 heterocycles. The predicted octanol–water partition coefficient (Wildman–Crippen LogP) is 3.29. The topological polar surface area (TPSA) is 68.0 Å². The number of hydrogen-bond donors (Lipinski definition) is 1. The van der Waals surface area contributed by atoms with Crippen molar-refractivity contribution in [2.75, 3.05) is 0 Å². The first-order valence-electron chi connectivity index (χ1n) is 6.44. The summed E-state index contributed by atoms with van der Waals surface area (Å²) in [5.41, 5.74) is 1.29. The predicted molar refractivity (Wildman–Crippen MR) is 79.9 cm³/mol. The van der Waals surface area contributed by atoms with Gasteiger partial charge >= 0.3 is 0 Å². The van der Waals surface area contributed by atoms with Gasteiger partial charge in [0.15, 0.2) is 17.8 Å². The Balaban J connectivity index is 1.79. The number of aromatic nitrogens is 2. The van der Waals surface area contributed by atoms with Crippen LogP contribution in [-0.4, -0.2) is 15.9 Å². The van der Waals surface area contributed by atoms with Crippen molar-refractivity contribution in [3.05, 3.63) is 59.7 Å². The monoisotopic (exact) mass is 299 g/mol. The van der Waals surface area contributed by atoms with Crippen molar-refractivity contribution in [3.8, 4) is 10.6 Å². The minimum atomic E-state index is -0.253. The third kappa shape index (κ3) is 2.85. The van der Waals surface area contributed by atoms with Gasteiger partial charge in [0.1, 0.15) is 0 Å². The van der Waals surface area contributed by atoms with Gasteiger partial charge in [-0.15, -0.1) is 11.3 Å². The number of pyridine rings is 1. The van der Waals surface area contributed by atoms with Crippen molar-refractivity contribution in [3.63, 3.8) is 0 Å². The van der Waals surface area contributed by atoms with Crippen LogP contribution in [0.3, 0.4) is 0 Å². The molecule has 0 aliphatic rings. The molecule has 1 unspecified atom stereocenters. The van der Waals surface area contributed by atoms with E-state index in [1.54, 1.807) is 12.4 Å². The molecule has 21 heavy (non-hydrogen) atoms. The maximum absolute atomic E-state index is 12.4. The SMILES string of the molecule is CC(NC(=O)c1ncoc1-c1cccs1)c1ccncc1. The molecule has 1 atom stereocenters. The molecule has 0 radical (unpaired) electrons. The van der Waals surface area contributed by atoms with Crippen molar-refractivity contribution in [2.24, 2.45) is 0 Å². The second-order valence-electron chi connectivity index (χ2n) is 4.48. The summed E-state index contributed by atoms with van der Waals surface area (Å²) in [6.45, 7) is 1.91. The molecule has 0 bridgehead atoms. The van der Waals surface area contributed by atoms with E-state index < -0.39 is 0 Å². The molecule has 3 rings (SSSR count). The second-order valence-corrected chi connectivity index (χ2v) is 5.43. The number of hydrogen-bond acceptors (Lipinski definition) is 5. The summed E-state index contributed by atoms with van der Waals surface area (Å²) >= 11 is 1.51. The highest BCUT2D eigenvalue weighted by Gasteiger charge is 2.20. The van der Waals surface area contributed by atoms with Crippen LogP contribution in [0.25, 0.3) is 10.6 Å². The van der Waals surface area contributed by atoms with Crippen LogP contribution in [0.5, 0.6) is 0 Å². The van der Waals surface area contributed by atoms with E-state index >= 15 is 0 Å². The van der Waals surface area contributed by atoms with E-state index in [9.17, 15) is 4.79 Å². The van der Waals surface area contributed by atoms with Crippen molar-refractivity contribution in [1.82, 2.24) is 15.3 Å². The molecule has 0 saturated carbocycles. The summed E-state index contributed by atoms with van der Waals surface area (Å²) in [4.78, 5) is 21.2. The third-order valence-electron chi connectivity index (χ3n) is 3.08. The zero-order valence-corrected chi connectivity index (χ0v) is 12.1. The third-order valence-corrected chi connectivity index (χ3v) is 3.95. The molecule has 0 aliphatic carbocycles. The summed E-state index contributed by atoms with van der Waals surface area (Å²) in [6.07, 6.45) is 4.69. The minimum absolute atomic E-state index is 0.131. The Morgan fingerprint density at radius 2 is 2.14 bits per heavy atom. The molecule has 1 N–H and O–H groups in total. The van der Waals surface area contributed by atoms with Gasteiger partial charge in [-0.05, 0) is 36.1 Å². The van der Waals surface area contributed by atoms with Gasteiger partial charge in [-0.3, -0.25) is 9.78 Å². The lowest BCUT2D eigenvalue weighted by Gasteiger charge is -2.13. The van der Waals surface area contributed by atoms with Crippen LogP contribution in [0.15, 0.2) is 52.9 Å². The lowest BCUT2D eigenvalue weighted by Crippen LogP contribution is -2.27. The normalized spacial score (nSPS) is 12.0. The molecular weight excluding hydrogens is 286 g/mol. The van der Waals surface area contributed by atoms with Crippen LogP contribution in [0, 0.1) is 0 Å². The summed E-state index contributed by atoms with van der Waals surface area (Å²) in [5.74, 6) is 0.251.